The molecule has 1 aliphatic rings. The first-order valence-electron chi connectivity index (χ1n) is 9.06. The summed E-state index contributed by atoms with van der Waals surface area (Å²) in [5.74, 6) is 0.287. The molecule has 0 bridgehead atoms. The van der Waals surface area contributed by atoms with Crippen molar-refractivity contribution in [2.45, 2.75) is 31.7 Å². The molecular formula is C21H27N3O. The Labute approximate surface area is 150 Å². The number of piperidine rings is 1. The van der Waals surface area contributed by atoms with E-state index >= 15 is 0 Å². The monoisotopic (exact) mass is 337 g/mol. The predicted octanol–water partition coefficient (Wildman–Crippen LogP) is 3.47. The molecule has 2 aromatic carbocycles. The van der Waals surface area contributed by atoms with Gasteiger partial charge in [-0.2, -0.15) is 0 Å². The average molecular weight is 337 g/mol. The quantitative estimate of drug-likeness (QED) is 0.848. The fourth-order valence-corrected chi connectivity index (χ4v) is 3.70. The lowest BCUT2D eigenvalue weighted by Crippen LogP contribution is -2.40. The lowest BCUT2D eigenvalue weighted by Gasteiger charge is -2.34. The number of nitrogens with two attached hydrogens (primary N) is 1. The van der Waals surface area contributed by atoms with Gasteiger partial charge < -0.3 is 16.0 Å². The van der Waals surface area contributed by atoms with Gasteiger partial charge in [0.15, 0.2) is 0 Å². The zero-order chi connectivity index (χ0) is 17.6. The number of primary amides is 1. The molecule has 4 heteroatoms. The summed E-state index contributed by atoms with van der Waals surface area (Å²) in [6, 6.07) is 18.5. The van der Waals surface area contributed by atoms with Gasteiger partial charge in [-0.3, -0.25) is 4.79 Å². The SMILES string of the molecule is CC(CN1CCC(c2ccccc2)CC1)Nc1ccccc1C(N)=O. The fourth-order valence-electron chi connectivity index (χ4n) is 3.70. The Balaban J connectivity index is 1.51. The highest BCUT2D eigenvalue weighted by Gasteiger charge is 2.21. The van der Waals surface area contributed by atoms with Gasteiger partial charge in [0.1, 0.15) is 0 Å². The van der Waals surface area contributed by atoms with E-state index in [2.05, 4.69) is 47.5 Å². The normalized spacial score (nSPS) is 17.2. The predicted molar refractivity (Wildman–Crippen MR) is 103 cm³/mol. The van der Waals surface area contributed by atoms with Crippen LogP contribution in [0.4, 0.5) is 5.69 Å². The second kappa shape index (κ2) is 8.17. The molecule has 1 heterocycles. The van der Waals surface area contributed by atoms with Crippen LogP contribution < -0.4 is 11.1 Å². The van der Waals surface area contributed by atoms with Crippen LogP contribution in [0.1, 0.15) is 41.6 Å². The Bertz CT molecular complexity index is 693. The van der Waals surface area contributed by atoms with Crippen molar-refractivity contribution >= 4 is 11.6 Å². The molecule has 3 rings (SSSR count). The van der Waals surface area contributed by atoms with Gasteiger partial charge in [0.2, 0.25) is 0 Å². The van der Waals surface area contributed by atoms with Crippen molar-refractivity contribution in [3.8, 4) is 0 Å². The molecule has 1 amide bonds. The summed E-state index contributed by atoms with van der Waals surface area (Å²) in [7, 11) is 0. The third-order valence-corrected chi connectivity index (χ3v) is 4.99. The van der Waals surface area contributed by atoms with Crippen molar-refractivity contribution in [2.75, 3.05) is 25.0 Å². The van der Waals surface area contributed by atoms with Gasteiger partial charge >= 0.3 is 0 Å². The van der Waals surface area contributed by atoms with Gasteiger partial charge in [-0.05, 0) is 56.5 Å². The molecule has 1 fully saturated rings. The van der Waals surface area contributed by atoms with Crippen LogP contribution in [0.25, 0.3) is 0 Å². The topological polar surface area (TPSA) is 58.4 Å². The van der Waals surface area contributed by atoms with Crippen molar-refractivity contribution in [1.29, 1.82) is 0 Å². The zero-order valence-electron chi connectivity index (χ0n) is 14.8. The first-order valence-corrected chi connectivity index (χ1v) is 9.06. The number of rotatable bonds is 6. The van der Waals surface area contributed by atoms with Crippen LogP contribution in [0.3, 0.4) is 0 Å². The summed E-state index contributed by atoms with van der Waals surface area (Å²) in [5.41, 5.74) is 8.29. The minimum absolute atomic E-state index is 0.258. The van der Waals surface area contributed by atoms with E-state index < -0.39 is 0 Å². The molecule has 0 radical (unpaired) electrons. The molecule has 0 aromatic heterocycles. The van der Waals surface area contributed by atoms with Crippen LogP contribution in [-0.4, -0.2) is 36.5 Å². The summed E-state index contributed by atoms with van der Waals surface area (Å²) >= 11 is 0. The first-order chi connectivity index (χ1) is 12.1. The van der Waals surface area contributed by atoms with Crippen molar-refractivity contribution in [2.24, 2.45) is 5.73 Å². The van der Waals surface area contributed by atoms with Gasteiger partial charge in [-0.1, -0.05) is 42.5 Å². The number of hydrogen-bond donors (Lipinski definition) is 2. The van der Waals surface area contributed by atoms with Crippen LogP contribution in [0, 0.1) is 0 Å². The molecule has 1 atom stereocenters. The Hall–Kier alpha value is -2.33. The average Bonchev–Trinajstić information content (AvgIpc) is 2.63. The number of anilines is 1. The van der Waals surface area contributed by atoms with E-state index in [1.807, 2.05) is 18.2 Å². The maximum atomic E-state index is 11.5. The highest BCUT2D eigenvalue weighted by atomic mass is 16.1. The van der Waals surface area contributed by atoms with Crippen LogP contribution in [0.5, 0.6) is 0 Å². The number of amides is 1. The van der Waals surface area contributed by atoms with Gasteiger partial charge in [0.05, 0.1) is 5.56 Å². The van der Waals surface area contributed by atoms with E-state index in [9.17, 15) is 4.79 Å². The number of likely N-dealkylation sites (tertiary alicyclic amines) is 1. The summed E-state index contributed by atoms with van der Waals surface area (Å²) in [4.78, 5) is 14.0. The first kappa shape index (κ1) is 17.5. The van der Waals surface area contributed by atoms with E-state index in [1.165, 1.54) is 18.4 Å². The number of hydrogen-bond acceptors (Lipinski definition) is 3. The minimum Gasteiger partial charge on any atom is -0.381 e. The lowest BCUT2D eigenvalue weighted by molar-refractivity contribution is 0.100. The molecule has 0 aliphatic carbocycles. The molecule has 4 nitrogen and oxygen atoms in total. The standard InChI is InChI=1S/C21H27N3O/c1-16(23-20-10-6-5-9-19(20)21(22)25)15-24-13-11-18(12-14-24)17-7-3-2-4-8-17/h2-10,16,18,23H,11-15H2,1H3,(H2,22,25). The van der Waals surface area contributed by atoms with E-state index in [-0.39, 0.29) is 11.9 Å². The smallest absolute Gasteiger partial charge is 0.250 e. The number of carbonyl (C=O) groups is 1. The molecule has 2 aromatic rings. The van der Waals surface area contributed by atoms with E-state index in [4.69, 9.17) is 5.73 Å². The third kappa shape index (κ3) is 4.60. The molecule has 0 saturated carbocycles. The summed E-state index contributed by atoms with van der Waals surface area (Å²) < 4.78 is 0. The van der Waals surface area contributed by atoms with Gasteiger partial charge in [-0.25, -0.2) is 0 Å². The molecule has 132 valence electrons. The largest absolute Gasteiger partial charge is 0.381 e. The Morgan fingerprint density at radius 1 is 1.12 bits per heavy atom. The van der Waals surface area contributed by atoms with Crippen LogP contribution >= 0.6 is 0 Å². The highest BCUT2D eigenvalue weighted by molar-refractivity contribution is 5.98. The Morgan fingerprint density at radius 2 is 1.76 bits per heavy atom. The number of nitrogens with zero attached hydrogens (tertiary/aromatic N) is 1. The van der Waals surface area contributed by atoms with Crippen molar-refractivity contribution in [3.05, 3.63) is 65.7 Å². The van der Waals surface area contributed by atoms with E-state index in [0.717, 1.165) is 25.3 Å². The molecule has 1 aliphatic heterocycles. The van der Waals surface area contributed by atoms with Crippen LogP contribution in [0.15, 0.2) is 54.6 Å². The molecule has 1 unspecified atom stereocenters. The van der Waals surface area contributed by atoms with E-state index in [0.29, 0.717) is 11.5 Å². The number of nitrogens with one attached hydrogen (secondary N) is 1. The zero-order valence-corrected chi connectivity index (χ0v) is 14.8. The second-order valence-electron chi connectivity index (χ2n) is 6.94. The minimum atomic E-state index is -0.390. The number of para-hydroxylation sites is 1. The van der Waals surface area contributed by atoms with Crippen molar-refractivity contribution < 1.29 is 4.79 Å². The van der Waals surface area contributed by atoms with Gasteiger partial charge in [0.25, 0.3) is 5.91 Å². The summed E-state index contributed by atoms with van der Waals surface area (Å²) in [6.07, 6.45) is 2.41. The molecule has 1 saturated heterocycles. The number of carbonyl (C=O) groups excluding carboxylic acids is 1. The summed E-state index contributed by atoms with van der Waals surface area (Å²) in [6.45, 7) is 5.35. The molecule has 3 N–H and O–H groups in total. The molecule has 25 heavy (non-hydrogen) atoms. The maximum Gasteiger partial charge on any atom is 0.250 e. The molecule has 0 spiro atoms. The lowest BCUT2D eigenvalue weighted by atomic mass is 9.89. The number of benzene rings is 2. The molecular weight excluding hydrogens is 310 g/mol. The van der Waals surface area contributed by atoms with Gasteiger partial charge in [-0.15, -0.1) is 0 Å². The summed E-state index contributed by atoms with van der Waals surface area (Å²) in [5, 5.41) is 3.44. The maximum absolute atomic E-state index is 11.5. The van der Waals surface area contributed by atoms with E-state index in [1.54, 1.807) is 6.07 Å². The third-order valence-electron chi connectivity index (χ3n) is 4.99. The van der Waals surface area contributed by atoms with Crippen molar-refractivity contribution in [1.82, 2.24) is 4.90 Å². The Kier molecular flexibility index (Phi) is 5.71. The van der Waals surface area contributed by atoms with Gasteiger partial charge in [0, 0.05) is 18.3 Å². The van der Waals surface area contributed by atoms with Crippen LogP contribution in [-0.2, 0) is 0 Å². The Morgan fingerprint density at radius 3 is 2.44 bits per heavy atom. The second-order valence-corrected chi connectivity index (χ2v) is 6.94. The van der Waals surface area contributed by atoms with Crippen LogP contribution in [0.2, 0.25) is 0 Å². The highest BCUT2D eigenvalue weighted by Crippen LogP contribution is 2.28. The van der Waals surface area contributed by atoms with Crippen molar-refractivity contribution in [3.63, 3.8) is 0 Å². The fraction of sp³-hybridized carbons (Fsp3) is 0.381.